The van der Waals surface area contributed by atoms with Crippen molar-refractivity contribution in [1.29, 1.82) is 0 Å². The number of nitrogens with one attached hydrogen (secondary N) is 2. The lowest BCUT2D eigenvalue weighted by Crippen LogP contribution is -2.00. The zero-order valence-corrected chi connectivity index (χ0v) is 13.0. The first-order valence-corrected chi connectivity index (χ1v) is 7.67. The van der Waals surface area contributed by atoms with Gasteiger partial charge in [-0.3, -0.25) is 0 Å². The van der Waals surface area contributed by atoms with Crippen LogP contribution in [-0.2, 0) is 0 Å². The normalized spacial score (nSPS) is 13.8. The fourth-order valence-corrected chi connectivity index (χ4v) is 3.15. The van der Waals surface area contributed by atoms with Crippen molar-refractivity contribution in [3.8, 4) is 0 Å². The van der Waals surface area contributed by atoms with Gasteiger partial charge in [-0.15, -0.1) is 4.98 Å². The second-order valence-corrected chi connectivity index (χ2v) is 6.24. The van der Waals surface area contributed by atoms with E-state index >= 15 is 0 Å². The second-order valence-electron chi connectivity index (χ2n) is 4.36. The number of aromatic nitrogens is 3. The van der Waals surface area contributed by atoms with Crippen molar-refractivity contribution in [2.45, 2.75) is 18.8 Å². The summed E-state index contributed by atoms with van der Waals surface area (Å²) >= 11 is 4.88. The van der Waals surface area contributed by atoms with Crippen LogP contribution in [0, 0.1) is 6.57 Å². The predicted octanol–water partition coefficient (Wildman–Crippen LogP) is 3.91. The Labute approximate surface area is 128 Å². The Hall–Kier alpha value is -1.72. The van der Waals surface area contributed by atoms with E-state index in [2.05, 4.69) is 46.4 Å². The number of thiazole rings is 1. The highest BCUT2D eigenvalue weighted by molar-refractivity contribution is 9.10. The molecule has 6 nitrogen and oxygen atoms in total. The maximum atomic E-state index is 7.21. The highest BCUT2D eigenvalue weighted by Gasteiger charge is 2.31. The second kappa shape index (κ2) is 5.34. The molecule has 0 bridgehead atoms. The molecule has 2 heterocycles. The van der Waals surface area contributed by atoms with Crippen molar-refractivity contribution in [3.05, 3.63) is 27.1 Å². The van der Waals surface area contributed by atoms with Crippen LogP contribution in [0.15, 0.2) is 10.7 Å². The molecule has 1 aliphatic carbocycles. The number of rotatable bonds is 4. The van der Waals surface area contributed by atoms with Gasteiger partial charge in [0, 0.05) is 19.2 Å². The molecule has 2 aromatic heterocycles. The molecule has 0 aliphatic heterocycles. The van der Waals surface area contributed by atoms with Crippen molar-refractivity contribution in [1.82, 2.24) is 15.0 Å². The molecule has 102 valence electrons. The Balaban J connectivity index is 1.88. The van der Waals surface area contributed by atoms with Crippen LogP contribution in [-0.4, -0.2) is 22.0 Å². The van der Waals surface area contributed by atoms with Crippen molar-refractivity contribution < 1.29 is 0 Å². The number of hydrogen-bond donors (Lipinski definition) is 2. The zero-order valence-electron chi connectivity index (χ0n) is 10.6. The summed E-state index contributed by atoms with van der Waals surface area (Å²) in [7, 11) is 1.79. The molecule has 0 atom stereocenters. The maximum absolute atomic E-state index is 7.21. The summed E-state index contributed by atoms with van der Waals surface area (Å²) < 4.78 is 0.791. The van der Waals surface area contributed by atoms with E-state index in [-0.39, 0.29) is 0 Å². The molecule has 0 unspecified atom stereocenters. The minimum atomic E-state index is 0.398. The first kappa shape index (κ1) is 13.3. The van der Waals surface area contributed by atoms with Crippen LogP contribution in [0.2, 0.25) is 0 Å². The highest BCUT2D eigenvalue weighted by Crippen LogP contribution is 2.46. The van der Waals surface area contributed by atoms with E-state index in [0.717, 1.165) is 9.48 Å². The average Bonchev–Trinajstić information content (AvgIpc) is 3.23. The first-order valence-electron chi connectivity index (χ1n) is 6.06. The molecule has 2 aromatic rings. The van der Waals surface area contributed by atoms with E-state index in [4.69, 9.17) is 6.57 Å². The fourth-order valence-electron chi connectivity index (χ4n) is 1.69. The minimum Gasteiger partial charge on any atom is -0.372 e. The lowest BCUT2D eigenvalue weighted by molar-refractivity contribution is 1.09. The molecule has 1 aliphatic rings. The lowest BCUT2D eigenvalue weighted by atomic mass is 10.5. The molecule has 2 N–H and O–H groups in total. The summed E-state index contributed by atoms with van der Waals surface area (Å²) in [6.45, 7) is 7.21. The summed E-state index contributed by atoms with van der Waals surface area (Å²) in [4.78, 5) is 16.4. The van der Waals surface area contributed by atoms with Crippen molar-refractivity contribution in [2.24, 2.45) is 0 Å². The van der Waals surface area contributed by atoms with Gasteiger partial charge in [-0.2, -0.15) is 4.98 Å². The quantitative estimate of drug-likeness (QED) is 0.818. The SMILES string of the molecule is [C-]#[N+]c1nc(C2CC2)sc1Nc1ncc(Br)c(NC)n1. The highest BCUT2D eigenvalue weighted by atomic mass is 79.9. The van der Waals surface area contributed by atoms with E-state index in [1.807, 2.05) is 0 Å². The van der Waals surface area contributed by atoms with Crippen LogP contribution in [0.25, 0.3) is 4.85 Å². The van der Waals surface area contributed by atoms with Crippen molar-refractivity contribution >= 4 is 49.9 Å². The Bertz CT molecular complexity index is 688. The van der Waals surface area contributed by atoms with Gasteiger partial charge in [-0.1, -0.05) is 17.9 Å². The monoisotopic (exact) mass is 350 g/mol. The van der Waals surface area contributed by atoms with Gasteiger partial charge in [0.2, 0.25) is 5.95 Å². The topological polar surface area (TPSA) is 67.1 Å². The Kier molecular flexibility index (Phi) is 3.54. The number of hydrogen-bond acceptors (Lipinski definition) is 6. The van der Waals surface area contributed by atoms with E-state index in [1.165, 1.54) is 24.2 Å². The molecule has 1 saturated carbocycles. The van der Waals surface area contributed by atoms with Gasteiger partial charge in [-0.25, -0.2) is 4.98 Å². The number of halogens is 1. The molecule has 0 saturated heterocycles. The third kappa shape index (κ3) is 2.59. The molecule has 8 heteroatoms. The molecule has 0 aromatic carbocycles. The van der Waals surface area contributed by atoms with Crippen LogP contribution in [0.4, 0.5) is 22.6 Å². The molecule has 0 spiro atoms. The fraction of sp³-hybridized carbons (Fsp3) is 0.333. The molecule has 0 radical (unpaired) electrons. The van der Waals surface area contributed by atoms with Gasteiger partial charge in [0.25, 0.3) is 0 Å². The zero-order chi connectivity index (χ0) is 14.1. The maximum Gasteiger partial charge on any atom is 0.304 e. The van der Waals surface area contributed by atoms with Gasteiger partial charge in [-0.05, 0) is 28.8 Å². The standard InChI is InChI=1S/C12H11BrN6S/c1-14-8-7(13)5-16-12(18-8)19-11-9(15-2)17-10(20-11)6-3-4-6/h5-6H,3-4H2,1H3,(H2,14,16,18,19). The molecular weight excluding hydrogens is 340 g/mol. The van der Waals surface area contributed by atoms with Gasteiger partial charge >= 0.3 is 5.82 Å². The Morgan fingerprint density at radius 1 is 1.45 bits per heavy atom. The van der Waals surface area contributed by atoms with Crippen LogP contribution in [0.1, 0.15) is 23.8 Å². The number of anilines is 3. The third-order valence-corrected chi connectivity index (χ3v) is 4.57. The van der Waals surface area contributed by atoms with E-state index in [1.54, 1.807) is 13.2 Å². The van der Waals surface area contributed by atoms with Gasteiger partial charge < -0.3 is 15.5 Å². The summed E-state index contributed by atoms with van der Waals surface area (Å²) in [5, 5.41) is 7.81. The molecule has 20 heavy (non-hydrogen) atoms. The third-order valence-electron chi connectivity index (χ3n) is 2.86. The van der Waals surface area contributed by atoms with Gasteiger partial charge in [0.15, 0.2) is 5.01 Å². The average molecular weight is 351 g/mol. The van der Waals surface area contributed by atoms with Gasteiger partial charge in [0.05, 0.1) is 4.47 Å². The van der Waals surface area contributed by atoms with E-state index < -0.39 is 0 Å². The minimum absolute atomic E-state index is 0.398. The number of nitrogens with zero attached hydrogens (tertiary/aromatic N) is 4. The molecule has 0 amide bonds. The van der Waals surface area contributed by atoms with Crippen LogP contribution in [0.5, 0.6) is 0 Å². The predicted molar refractivity (Wildman–Crippen MR) is 82.9 cm³/mol. The summed E-state index contributed by atoms with van der Waals surface area (Å²) in [6.07, 6.45) is 4.01. The largest absolute Gasteiger partial charge is 0.372 e. The summed E-state index contributed by atoms with van der Waals surface area (Å²) in [6, 6.07) is 0. The van der Waals surface area contributed by atoms with Crippen LogP contribution >= 0.6 is 27.3 Å². The summed E-state index contributed by atoms with van der Waals surface area (Å²) in [5.74, 6) is 2.08. The Morgan fingerprint density at radius 3 is 2.90 bits per heavy atom. The van der Waals surface area contributed by atoms with Crippen LogP contribution < -0.4 is 10.6 Å². The van der Waals surface area contributed by atoms with Gasteiger partial charge in [0.1, 0.15) is 10.8 Å². The van der Waals surface area contributed by atoms with E-state index in [0.29, 0.717) is 28.5 Å². The van der Waals surface area contributed by atoms with Crippen molar-refractivity contribution in [2.75, 3.05) is 17.7 Å². The van der Waals surface area contributed by atoms with Crippen LogP contribution in [0.3, 0.4) is 0 Å². The molecule has 3 rings (SSSR count). The van der Waals surface area contributed by atoms with Crippen molar-refractivity contribution in [3.63, 3.8) is 0 Å². The smallest absolute Gasteiger partial charge is 0.304 e. The summed E-state index contributed by atoms with van der Waals surface area (Å²) in [5.41, 5.74) is 0. The Morgan fingerprint density at radius 2 is 2.25 bits per heavy atom. The molecular formula is C12H11BrN6S. The first-order chi connectivity index (χ1) is 9.71. The van der Waals surface area contributed by atoms with E-state index in [9.17, 15) is 0 Å². The lowest BCUT2D eigenvalue weighted by Gasteiger charge is -2.06. The molecule has 1 fully saturated rings.